The maximum atomic E-state index is 12.1. The monoisotopic (exact) mass is 423 g/mol. The molecule has 1 rings (SSSR count). The fourth-order valence-electron chi connectivity index (χ4n) is 1.79. The molecule has 100 valence electrons. The van der Waals surface area contributed by atoms with Crippen molar-refractivity contribution < 1.29 is 4.79 Å². The zero-order chi connectivity index (χ0) is 13.5. The summed E-state index contributed by atoms with van der Waals surface area (Å²) in [6.45, 7) is 4.23. The first kappa shape index (κ1) is 16.0. The van der Waals surface area contributed by atoms with Crippen molar-refractivity contribution in [3.63, 3.8) is 0 Å². The fourth-order valence-corrected chi connectivity index (χ4v) is 2.50. The van der Waals surface area contributed by atoms with Gasteiger partial charge in [-0.25, -0.2) is 0 Å². The predicted molar refractivity (Wildman–Crippen MR) is 88.8 cm³/mol. The molecule has 2 nitrogen and oxygen atoms in total. The van der Waals surface area contributed by atoms with Gasteiger partial charge in [-0.2, -0.15) is 0 Å². The van der Waals surface area contributed by atoms with Crippen LogP contribution in [0.4, 0.5) is 5.69 Å². The SMILES string of the molecule is CCCCC(CC)C(=O)Nc1ccc(I)c(Br)c1. The van der Waals surface area contributed by atoms with Gasteiger partial charge >= 0.3 is 0 Å². The molecule has 1 aromatic carbocycles. The van der Waals surface area contributed by atoms with Gasteiger partial charge in [0.1, 0.15) is 0 Å². The van der Waals surface area contributed by atoms with E-state index in [1.807, 2.05) is 18.2 Å². The molecular weight excluding hydrogens is 405 g/mol. The van der Waals surface area contributed by atoms with Crippen LogP contribution in [0.3, 0.4) is 0 Å². The van der Waals surface area contributed by atoms with Gasteiger partial charge in [0.15, 0.2) is 0 Å². The lowest BCUT2D eigenvalue weighted by Crippen LogP contribution is -2.22. The highest BCUT2D eigenvalue weighted by molar-refractivity contribution is 14.1. The minimum absolute atomic E-state index is 0.128. The molecule has 0 saturated heterocycles. The second kappa shape index (κ2) is 8.15. The Morgan fingerprint density at radius 1 is 1.44 bits per heavy atom. The first-order valence-corrected chi connectivity index (χ1v) is 8.21. The Morgan fingerprint density at radius 2 is 2.17 bits per heavy atom. The number of amides is 1. The molecule has 1 atom stereocenters. The minimum Gasteiger partial charge on any atom is -0.326 e. The molecule has 0 bridgehead atoms. The third-order valence-corrected chi connectivity index (χ3v) is 5.29. The summed E-state index contributed by atoms with van der Waals surface area (Å²) in [5.74, 6) is 0.266. The van der Waals surface area contributed by atoms with Crippen molar-refractivity contribution in [1.82, 2.24) is 0 Å². The van der Waals surface area contributed by atoms with Crippen molar-refractivity contribution in [1.29, 1.82) is 0 Å². The molecule has 1 N–H and O–H groups in total. The molecule has 18 heavy (non-hydrogen) atoms. The summed E-state index contributed by atoms with van der Waals surface area (Å²) in [5.41, 5.74) is 0.863. The largest absolute Gasteiger partial charge is 0.326 e. The molecule has 4 heteroatoms. The average Bonchev–Trinajstić information content (AvgIpc) is 2.35. The molecule has 0 aromatic heterocycles. The Labute approximate surface area is 131 Å². The second-order valence-corrected chi connectivity index (χ2v) is 6.38. The lowest BCUT2D eigenvalue weighted by molar-refractivity contribution is -0.120. The number of carbonyl (C=O) groups is 1. The Bertz CT molecular complexity index is 409. The minimum atomic E-state index is 0.128. The summed E-state index contributed by atoms with van der Waals surface area (Å²) in [5, 5.41) is 3.00. The maximum absolute atomic E-state index is 12.1. The standard InChI is InChI=1S/C14H19BrINO/c1-3-5-6-10(4-2)14(18)17-11-7-8-13(16)12(15)9-11/h7-10H,3-6H2,1-2H3,(H,17,18). The summed E-state index contributed by atoms with van der Waals surface area (Å²) in [6.07, 6.45) is 4.13. The molecule has 0 heterocycles. The van der Waals surface area contributed by atoms with Crippen LogP contribution < -0.4 is 5.32 Å². The molecule has 0 radical (unpaired) electrons. The van der Waals surface area contributed by atoms with Gasteiger partial charge in [0.25, 0.3) is 0 Å². The van der Waals surface area contributed by atoms with Gasteiger partial charge in [0, 0.05) is 19.6 Å². The molecule has 0 aliphatic carbocycles. The van der Waals surface area contributed by atoms with Crippen LogP contribution in [0.15, 0.2) is 22.7 Å². The molecule has 0 spiro atoms. The number of anilines is 1. The van der Waals surface area contributed by atoms with E-state index in [1.165, 1.54) is 0 Å². The van der Waals surface area contributed by atoms with E-state index in [0.717, 1.165) is 39.4 Å². The van der Waals surface area contributed by atoms with E-state index in [0.29, 0.717) is 0 Å². The van der Waals surface area contributed by atoms with Gasteiger partial charge < -0.3 is 5.32 Å². The Morgan fingerprint density at radius 3 is 2.72 bits per heavy atom. The van der Waals surface area contributed by atoms with E-state index >= 15 is 0 Å². The number of rotatable bonds is 6. The van der Waals surface area contributed by atoms with Gasteiger partial charge in [-0.3, -0.25) is 4.79 Å². The molecule has 1 amide bonds. The molecule has 1 aromatic rings. The molecule has 0 aliphatic rings. The maximum Gasteiger partial charge on any atom is 0.227 e. The van der Waals surface area contributed by atoms with Crippen LogP contribution in [-0.4, -0.2) is 5.91 Å². The quantitative estimate of drug-likeness (QED) is 0.625. The normalized spacial score (nSPS) is 12.2. The van der Waals surface area contributed by atoms with E-state index in [9.17, 15) is 4.79 Å². The van der Waals surface area contributed by atoms with E-state index in [2.05, 4.69) is 57.7 Å². The van der Waals surface area contributed by atoms with Crippen LogP contribution in [0, 0.1) is 9.49 Å². The van der Waals surface area contributed by atoms with Crippen LogP contribution in [0.5, 0.6) is 0 Å². The summed E-state index contributed by atoms with van der Waals surface area (Å²) in [6, 6.07) is 5.89. The molecule has 0 saturated carbocycles. The van der Waals surface area contributed by atoms with Crippen LogP contribution in [-0.2, 0) is 4.79 Å². The van der Waals surface area contributed by atoms with Crippen molar-refractivity contribution in [3.05, 3.63) is 26.2 Å². The summed E-state index contributed by atoms with van der Waals surface area (Å²) < 4.78 is 2.16. The summed E-state index contributed by atoms with van der Waals surface area (Å²) >= 11 is 5.73. The summed E-state index contributed by atoms with van der Waals surface area (Å²) in [4.78, 5) is 12.1. The van der Waals surface area contributed by atoms with Crippen LogP contribution in [0.25, 0.3) is 0 Å². The van der Waals surface area contributed by atoms with Crippen molar-refractivity contribution in [2.45, 2.75) is 39.5 Å². The van der Waals surface area contributed by atoms with Crippen molar-refractivity contribution in [3.8, 4) is 0 Å². The smallest absolute Gasteiger partial charge is 0.227 e. The Hall–Kier alpha value is -0.100. The van der Waals surface area contributed by atoms with Crippen LogP contribution >= 0.6 is 38.5 Å². The zero-order valence-electron chi connectivity index (χ0n) is 10.8. The van der Waals surface area contributed by atoms with Crippen LogP contribution in [0.1, 0.15) is 39.5 Å². The number of unbranched alkanes of at least 4 members (excludes halogenated alkanes) is 1. The van der Waals surface area contributed by atoms with Crippen molar-refractivity contribution in [2.24, 2.45) is 5.92 Å². The van der Waals surface area contributed by atoms with E-state index < -0.39 is 0 Å². The molecule has 0 fully saturated rings. The number of halogens is 2. The molecule has 0 aliphatic heterocycles. The zero-order valence-corrected chi connectivity index (χ0v) is 14.5. The van der Waals surface area contributed by atoms with Gasteiger partial charge in [-0.05, 0) is 69.6 Å². The highest BCUT2D eigenvalue weighted by Gasteiger charge is 2.15. The second-order valence-electron chi connectivity index (χ2n) is 4.37. The van der Waals surface area contributed by atoms with E-state index in [4.69, 9.17) is 0 Å². The van der Waals surface area contributed by atoms with Crippen LogP contribution in [0.2, 0.25) is 0 Å². The molecular formula is C14H19BrINO. The lowest BCUT2D eigenvalue weighted by Gasteiger charge is -2.14. The number of benzene rings is 1. The first-order chi connectivity index (χ1) is 8.58. The first-order valence-electron chi connectivity index (χ1n) is 6.34. The van der Waals surface area contributed by atoms with Gasteiger partial charge in [0.05, 0.1) is 0 Å². The fraction of sp³-hybridized carbons (Fsp3) is 0.500. The molecule has 1 unspecified atom stereocenters. The van der Waals surface area contributed by atoms with Gasteiger partial charge in [-0.15, -0.1) is 0 Å². The summed E-state index contributed by atoms with van der Waals surface area (Å²) in [7, 11) is 0. The van der Waals surface area contributed by atoms with Gasteiger partial charge in [-0.1, -0.05) is 26.7 Å². The number of hydrogen-bond acceptors (Lipinski definition) is 1. The third kappa shape index (κ3) is 4.88. The number of carbonyl (C=O) groups excluding carboxylic acids is 1. The Kier molecular flexibility index (Phi) is 7.22. The van der Waals surface area contributed by atoms with E-state index in [1.54, 1.807) is 0 Å². The van der Waals surface area contributed by atoms with Crippen molar-refractivity contribution in [2.75, 3.05) is 5.32 Å². The number of hydrogen-bond donors (Lipinski definition) is 1. The topological polar surface area (TPSA) is 29.1 Å². The highest BCUT2D eigenvalue weighted by Crippen LogP contribution is 2.24. The highest BCUT2D eigenvalue weighted by atomic mass is 127. The van der Waals surface area contributed by atoms with E-state index in [-0.39, 0.29) is 11.8 Å². The lowest BCUT2D eigenvalue weighted by atomic mass is 9.98. The third-order valence-electron chi connectivity index (χ3n) is 2.96. The van der Waals surface area contributed by atoms with Gasteiger partial charge in [0.2, 0.25) is 5.91 Å². The number of nitrogens with one attached hydrogen (secondary N) is 1. The average molecular weight is 424 g/mol. The van der Waals surface area contributed by atoms with Crippen molar-refractivity contribution >= 4 is 50.1 Å². The predicted octanol–water partition coefficient (Wildman–Crippen LogP) is 5.21. The Balaban J connectivity index is 2.64.